The van der Waals surface area contributed by atoms with Crippen molar-refractivity contribution in [2.75, 3.05) is 13.2 Å². The summed E-state index contributed by atoms with van der Waals surface area (Å²) in [5.74, 6) is 1.25. The van der Waals surface area contributed by atoms with Crippen molar-refractivity contribution in [3.05, 3.63) is 35.9 Å². The maximum atomic E-state index is 11.7. The summed E-state index contributed by atoms with van der Waals surface area (Å²) in [7, 11) is 0. The van der Waals surface area contributed by atoms with Crippen LogP contribution in [0.1, 0.15) is 52.5 Å². The van der Waals surface area contributed by atoms with Crippen LogP contribution in [-0.4, -0.2) is 30.0 Å². The van der Waals surface area contributed by atoms with E-state index in [1.54, 1.807) is 0 Å². The number of benzene rings is 1. The molecule has 1 amide bonds. The first-order valence-corrected chi connectivity index (χ1v) is 9.54. The molecule has 6 nitrogen and oxygen atoms in total. The van der Waals surface area contributed by atoms with E-state index in [4.69, 9.17) is 14.0 Å². The second-order valence-corrected chi connectivity index (χ2v) is 7.40. The quantitative estimate of drug-likeness (QED) is 0.627. The number of nitrogens with one attached hydrogen (secondary N) is 1. The third-order valence-electron chi connectivity index (χ3n) is 3.83. The molecule has 2 rings (SSSR count). The van der Waals surface area contributed by atoms with Crippen molar-refractivity contribution in [1.82, 2.24) is 10.5 Å². The van der Waals surface area contributed by atoms with E-state index in [9.17, 15) is 4.79 Å². The molecule has 0 radical (unpaired) electrons. The summed E-state index contributed by atoms with van der Waals surface area (Å²) in [5.41, 5.74) is 1.44. The summed E-state index contributed by atoms with van der Waals surface area (Å²) in [6.45, 7) is 8.27. The minimum Gasteiger partial charge on any atom is -0.473 e. The molecule has 0 aliphatic carbocycles. The number of hydrogen-bond donors (Lipinski definition) is 1. The van der Waals surface area contributed by atoms with E-state index in [1.165, 1.54) is 0 Å². The molecule has 0 bridgehead atoms. The van der Waals surface area contributed by atoms with Gasteiger partial charge in [-0.1, -0.05) is 50.1 Å². The molecule has 27 heavy (non-hydrogen) atoms. The number of ether oxygens (including phenoxy) is 2. The molecule has 0 saturated carbocycles. The Hall–Kier alpha value is -2.50. The Balaban J connectivity index is 1.97. The number of nitrogens with zero attached hydrogens (tertiary/aromatic N) is 1. The second-order valence-electron chi connectivity index (χ2n) is 7.40. The van der Waals surface area contributed by atoms with Crippen LogP contribution in [-0.2, 0) is 11.2 Å². The summed E-state index contributed by atoms with van der Waals surface area (Å²) >= 11 is 0. The van der Waals surface area contributed by atoms with Crippen molar-refractivity contribution in [2.45, 2.75) is 59.0 Å². The topological polar surface area (TPSA) is 73.6 Å². The number of rotatable bonds is 9. The number of unbranched alkanes of at least 4 members (excludes halogenated alkanes) is 2. The van der Waals surface area contributed by atoms with Gasteiger partial charge in [0.05, 0.1) is 12.1 Å². The molecule has 0 fully saturated rings. The summed E-state index contributed by atoms with van der Waals surface area (Å²) in [6.07, 6.45) is 3.71. The Labute approximate surface area is 161 Å². The molecule has 1 N–H and O–H groups in total. The minimum absolute atomic E-state index is 0.292. The van der Waals surface area contributed by atoms with Gasteiger partial charge in [-0.05, 0) is 38.8 Å². The first-order chi connectivity index (χ1) is 12.9. The standard InChI is InChI=1S/C21H30N2O4/c1-5-6-8-13-17-18(16-11-9-7-10-12-16)27-23-19(17)25-15-14-22-20(24)26-21(2,3)4/h7,9-12H,5-6,8,13-15H2,1-4H3,(H,22,24). The fraction of sp³-hybridized carbons (Fsp3) is 0.524. The van der Waals surface area contributed by atoms with Gasteiger partial charge < -0.3 is 19.3 Å². The third-order valence-corrected chi connectivity index (χ3v) is 3.83. The van der Waals surface area contributed by atoms with Crippen molar-refractivity contribution in [3.63, 3.8) is 0 Å². The molecule has 1 heterocycles. The molecule has 0 atom stereocenters. The zero-order valence-corrected chi connectivity index (χ0v) is 16.7. The Morgan fingerprint density at radius 3 is 2.59 bits per heavy atom. The summed E-state index contributed by atoms with van der Waals surface area (Å²) in [5, 5.41) is 6.78. The first-order valence-electron chi connectivity index (χ1n) is 9.54. The second kappa shape index (κ2) is 10.00. The number of carbonyl (C=O) groups is 1. The number of amides is 1. The molecule has 1 aromatic carbocycles. The first kappa shape index (κ1) is 20.8. The molecule has 0 aliphatic heterocycles. The zero-order chi connectivity index (χ0) is 19.7. The van der Waals surface area contributed by atoms with E-state index >= 15 is 0 Å². The molecule has 0 aliphatic rings. The number of aromatic nitrogens is 1. The van der Waals surface area contributed by atoms with Gasteiger partial charge in [0.1, 0.15) is 12.2 Å². The van der Waals surface area contributed by atoms with Gasteiger partial charge in [-0.2, -0.15) is 0 Å². The van der Waals surface area contributed by atoms with E-state index < -0.39 is 11.7 Å². The zero-order valence-electron chi connectivity index (χ0n) is 16.7. The molecule has 6 heteroatoms. The number of hydrogen-bond acceptors (Lipinski definition) is 5. The van der Waals surface area contributed by atoms with Crippen LogP contribution < -0.4 is 10.1 Å². The monoisotopic (exact) mass is 374 g/mol. The van der Waals surface area contributed by atoms with Gasteiger partial charge in [0.15, 0.2) is 5.76 Å². The van der Waals surface area contributed by atoms with Crippen LogP contribution in [0.15, 0.2) is 34.9 Å². The highest BCUT2D eigenvalue weighted by atomic mass is 16.6. The molecule has 0 saturated heterocycles. The van der Waals surface area contributed by atoms with E-state index in [-0.39, 0.29) is 0 Å². The average molecular weight is 374 g/mol. The fourth-order valence-corrected chi connectivity index (χ4v) is 2.61. The Bertz CT molecular complexity index is 705. The van der Waals surface area contributed by atoms with E-state index in [2.05, 4.69) is 17.4 Å². The third kappa shape index (κ3) is 6.96. The normalized spacial score (nSPS) is 11.3. The van der Waals surface area contributed by atoms with Gasteiger partial charge in [0.2, 0.25) is 0 Å². The lowest BCUT2D eigenvalue weighted by molar-refractivity contribution is 0.0519. The minimum atomic E-state index is -0.520. The lowest BCUT2D eigenvalue weighted by atomic mass is 10.0. The molecular formula is C21H30N2O4. The van der Waals surface area contributed by atoms with Crippen LogP contribution in [0.5, 0.6) is 5.88 Å². The smallest absolute Gasteiger partial charge is 0.407 e. The summed E-state index contributed by atoms with van der Waals surface area (Å²) in [6, 6.07) is 9.91. The van der Waals surface area contributed by atoms with Crippen LogP contribution in [0, 0.1) is 0 Å². The highest BCUT2D eigenvalue weighted by Gasteiger charge is 2.19. The maximum absolute atomic E-state index is 11.7. The molecular weight excluding hydrogens is 344 g/mol. The average Bonchev–Trinajstić information content (AvgIpc) is 3.01. The van der Waals surface area contributed by atoms with Crippen LogP contribution in [0.4, 0.5) is 4.79 Å². The lowest BCUT2D eigenvalue weighted by Gasteiger charge is -2.19. The summed E-state index contributed by atoms with van der Waals surface area (Å²) in [4.78, 5) is 11.7. The fourth-order valence-electron chi connectivity index (χ4n) is 2.61. The SMILES string of the molecule is CCCCCc1c(OCCNC(=O)OC(C)(C)C)noc1-c1ccccc1. The predicted molar refractivity (Wildman–Crippen MR) is 105 cm³/mol. The molecule has 0 spiro atoms. The van der Waals surface area contributed by atoms with Crippen LogP contribution in [0.3, 0.4) is 0 Å². The van der Waals surface area contributed by atoms with Crippen molar-refractivity contribution in [1.29, 1.82) is 0 Å². The van der Waals surface area contributed by atoms with Gasteiger partial charge in [0, 0.05) is 5.56 Å². The van der Waals surface area contributed by atoms with Crippen LogP contribution >= 0.6 is 0 Å². The van der Waals surface area contributed by atoms with E-state index in [0.29, 0.717) is 19.0 Å². The van der Waals surface area contributed by atoms with Gasteiger partial charge >= 0.3 is 6.09 Å². The van der Waals surface area contributed by atoms with Gasteiger partial charge in [-0.15, -0.1) is 0 Å². The predicted octanol–water partition coefficient (Wildman–Crippen LogP) is 4.98. The van der Waals surface area contributed by atoms with E-state index in [0.717, 1.165) is 42.6 Å². The van der Waals surface area contributed by atoms with Crippen molar-refractivity contribution >= 4 is 6.09 Å². The Morgan fingerprint density at radius 1 is 1.19 bits per heavy atom. The molecule has 2 aromatic rings. The number of alkyl carbamates (subject to hydrolysis) is 1. The Morgan fingerprint density at radius 2 is 1.93 bits per heavy atom. The number of carbonyl (C=O) groups excluding carboxylic acids is 1. The van der Waals surface area contributed by atoms with Gasteiger partial charge in [0.25, 0.3) is 5.88 Å². The maximum Gasteiger partial charge on any atom is 0.407 e. The van der Waals surface area contributed by atoms with Crippen LogP contribution in [0.25, 0.3) is 11.3 Å². The van der Waals surface area contributed by atoms with Gasteiger partial charge in [-0.3, -0.25) is 0 Å². The van der Waals surface area contributed by atoms with Crippen molar-refractivity contribution in [2.24, 2.45) is 0 Å². The summed E-state index contributed by atoms with van der Waals surface area (Å²) < 4.78 is 16.5. The van der Waals surface area contributed by atoms with Crippen LogP contribution in [0.2, 0.25) is 0 Å². The van der Waals surface area contributed by atoms with E-state index in [1.807, 2.05) is 51.1 Å². The largest absolute Gasteiger partial charge is 0.473 e. The highest BCUT2D eigenvalue weighted by molar-refractivity contribution is 5.67. The van der Waals surface area contributed by atoms with Crippen molar-refractivity contribution in [3.8, 4) is 17.2 Å². The molecule has 148 valence electrons. The molecule has 1 aromatic heterocycles. The van der Waals surface area contributed by atoms with Gasteiger partial charge in [-0.25, -0.2) is 4.79 Å². The molecule has 0 unspecified atom stereocenters. The lowest BCUT2D eigenvalue weighted by Crippen LogP contribution is -2.34. The highest BCUT2D eigenvalue weighted by Crippen LogP contribution is 2.32. The van der Waals surface area contributed by atoms with Crippen molar-refractivity contribution < 1.29 is 18.8 Å². The Kier molecular flexibility index (Phi) is 7.70.